The molecule has 0 aliphatic heterocycles. The number of hydrogen-bond donors (Lipinski definition) is 0. The van der Waals surface area contributed by atoms with E-state index in [1.165, 1.54) is 5.52 Å². The van der Waals surface area contributed by atoms with Gasteiger partial charge in [-0.15, -0.1) is 11.6 Å². The van der Waals surface area contributed by atoms with Crippen LogP contribution in [0, 0.1) is 5.41 Å². The van der Waals surface area contributed by atoms with Gasteiger partial charge in [-0.25, -0.2) is 4.98 Å². The van der Waals surface area contributed by atoms with Gasteiger partial charge >= 0.3 is 0 Å². The molecule has 1 aliphatic rings. The predicted molar refractivity (Wildman–Crippen MR) is 82.1 cm³/mol. The molecule has 0 bridgehead atoms. The summed E-state index contributed by atoms with van der Waals surface area (Å²) in [6.07, 6.45) is 1.35. The van der Waals surface area contributed by atoms with Gasteiger partial charge in [-0.3, -0.25) is 0 Å². The summed E-state index contributed by atoms with van der Waals surface area (Å²) in [4.78, 5) is 4.66. The van der Waals surface area contributed by atoms with Crippen molar-refractivity contribution >= 4 is 22.6 Å². The molecule has 0 spiro atoms. The van der Waals surface area contributed by atoms with Gasteiger partial charge in [0.2, 0.25) is 0 Å². The summed E-state index contributed by atoms with van der Waals surface area (Å²) in [5.41, 5.74) is 2.32. The third kappa shape index (κ3) is 1.95. The number of benzene rings is 1. The monoisotopic (exact) mass is 292 g/mol. The Morgan fingerprint density at radius 3 is 2.80 bits per heavy atom. The zero-order valence-electron chi connectivity index (χ0n) is 12.3. The Labute approximate surface area is 124 Å². The van der Waals surface area contributed by atoms with Crippen LogP contribution in [0.2, 0.25) is 0 Å². The Kier molecular flexibility index (Phi) is 3.51. The van der Waals surface area contributed by atoms with Crippen LogP contribution < -0.4 is 0 Å². The first-order valence-corrected chi connectivity index (χ1v) is 7.76. The van der Waals surface area contributed by atoms with Crippen molar-refractivity contribution in [1.29, 1.82) is 0 Å². The molecular weight excluding hydrogens is 272 g/mol. The van der Waals surface area contributed by atoms with Crippen LogP contribution in [0.5, 0.6) is 0 Å². The first-order chi connectivity index (χ1) is 9.59. The van der Waals surface area contributed by atoms with Gasteiger partial charge < -0.3 is 9.30 Å². The summed E-state index contributed by atoms with van der Waals surface area (Å²) >= 11 is 6.10. The normalized spacial score (nSPS) is 24.8. The van der Waals surface area contributed by atoms with Crippen LogP contribution in [-0.4, -0.2) is 22.3 Å². The number of rotatable bonds is 4. The van der Waals surface area contributed by atoms with Crippen LogP contribution in [0.25, 0.3) is 11.0 Å². The summed E-state index contributed by atoms with van der Waals surface area (Å²) in [6, 6.07) is 8.66. The molecule has 0 amide bonds. The minimum atomic E-state index is 0.111. The van der Waals surface area contributed by atoms with Crippen molar-refractivity contribution in [3.05, 3.63) is 30.1 Å². The quantitative estimate of drug-likeness (QED) is 0.792. The van der Waals surface area contributed by atoms with Crippen LogP contribution in [0.3, 0.4) is 0 Å². The van der Waals surface area contributed by atoms with E-state index in [4.69, 9.17) is 16.3 Å². The first kappa shape index (κ1) is 13.9. The van der Waals surface area contributed by atoms with Gasteiger partial charge in [-0.1, -0.05) is 26.0 Å². The molecule has 1 heterocycles. The van der Waals surface area contributed by atoms with Crippen LogP contribution in [0.4, 0.5) is 0 Å². The topological polar surface area (TPSA) is 27.1 Å². The molecule has 0 saturated heterocycles. The lowest BCUT2D eigenvalue weighted by Gasteiger charge is -2.52. The van der Waals surface area contributed by atoms with Gasteiger partial charge in [0.25, 0.3) is 0 Å². The molecule has 0 radical (unpaired) electrons. The minimum absolute atomic E-state index is 0.111. The molecule has 108 valence electrons. The lowest BCUT2D eigenvalue weighted by molar-refractivity contribution is -0.127. The second kappa shape index (κ2) is 5.05. The van der Waals surface area contributed by atoms with E-state index in [1.807, 2.05) is 12.1 Å². The Bertz CT molecular complexity index is 620. The zero-order valence-corrected chi connectivity index (χ0v) is 13.0. The fraction of sp³-hybridized carbons (Fsp3) is 0.562. The molecule has 20 heavy (non-hydrogen) atoms. The number of imidazole rings is 1. The standard InChI is InChI=1S/C16H21ClN2O/c1-4-20-14-9-13(16(14,2)3)19-12-8-6-5-7-11(12)18-15(19)10-17/h5-8,13-14H,4,9-10H2,1-3H3. The van der Waals surface area contributed by atoms with Crippen molar-refractivity contribution in [1.82, 2.24) is 9.55 Å². The molecular formula is C16H21ClN2O. The van der Waals surface area contributed by atoms with Crippen molar-refractivity contribution in [3.8, 4) is 0 Å². The molecule has 1 aromatic carbocycles. The summed E-state index contributed by atoms with van der Waals surface area (Å²) in [6.45, 7) is 7.37. The van der Waals surface area contributed by atoms with E-state index < -0.39 is 0 Å². The maximum Gasteiger partial charge on any atom is 0.125 e. The first-order valence-electron chi connectivity index (χ1n) is 7.23. The van der Waals surface area contributed by atoms with Crippen molar-refractivity contribution in [3.63, 3.8) is 0 Å². The molecule has 2 aromatic rings. The fourth-order valence-electron chi connectivity index (χ4n) is 3.32. The Morgan fingerprint density at radius 2 is 2.15 bits per heavy atom. The number of nitrogens with zero attached hydrogens (tertiary/aromatic N) is 2. The minimum Gasteiger partial charge on any atom is -0.378 e. The smallest absolute Gasteiger partial charge is 0.125 e. The van der Waals surface area contributed by atoms with Crippen LogP contribution >= 0.6 is 11.6 Å². The molecule has 0 N–H and O–H groups in total. The second-order valence-electron chi connectivity index (χ2n) is 6.04. The van der Waals surface area contributed by atoms with Crippen LogP contribution in [0.15, 0.2) is 24.3 Å². The fourth-order valence-corrected chi connectivity index (χ4v) is 3.51. The number of aromatic nitrogens is 2. The van der Waals surface area contributed by atoms with Gasteiger partial charge in [0.15, 0.2) is 0 Å². The molecule has 4 heteroatoms. The van der Waals surface area contributed by atoms with Crippen LogP contribution in [-0.2, 0) is 10.6 Å². The Balaban J connectivity index is 2.03. The summed E-state index contributed by atoms with van der Waals surface area (Å²) in [7, 11) is 0. The SMILES string of the molecule is CCOC1CC(n2c(CCl)nc3ccccc32)C1(C)C. The molecule has 1 aliphatic carbocycles. The maximum absolute atomic E-state index is 6.10. The summed E-state index contributed by atoms with van der Waals surface area (Å²) in [5, 5.41) is 0. The molecule has 2 unspecified atom stereocenters. The highest BCUT2D eigenvalue weighted by Crippen LogP contribution is 2.52. The number of ether oxygens (including phenoxy) is 1. The van der Waals surface area contributed by atoms with Crippen molar-refractivity contribution in [2.24, 2.45) is 5.41 Å². The van der Waals surface area contributed by atoms with E-state index in [0.717, 1.165) is 24.4 Å². The molecule has 2 atom stereocenters. The maximum atomic E-state index is 6.10. The van der Waals surface area contributed by atoms with Crippen molar-refractivity contribution in [2.45, 2.75) is 45.2 Å². The van der Waals surface area contributed by atoms with E-state index in [0.29, 0.717) is 18.0 Å². The molecule has 1 saturated carbocycles. The highest BCUT2D eigenvalue weighted by atomic mass is 35.5. The van der Waals surface area contributed by atoms with E-state index in [1.54, 1.807) is 0 Å². The van der Waals surface area contributed by atoms with E-state index in [9.17, 15) is 0 Å². The van der Waals surface area contributed by atoms with E-state index in [2.05, 4.69) is 42.5 Å². The molecule has 1 fully saturated rings. The van der Waals surface area contributed by atoms with Crippen molar-refractivity contribution in [2.75, 3.05) is 6.61 Å². The largest absolute Gasteiger partial charge is 0.378 e. The third-order valence-corrected chi connectivity index (χ3v) is 4.83. The second-order valence-corrected chi connectivity index (χ2v) is 6.30. The number of alkyl halides is 1. The number of fused-ring (bicyclic) bond motifs is 1. The molecule has 3 nitrogen and oxygen atoms in total. The molecule has 3 rings (SSSR count). The Morgan fingerprint density at radius 1 is 1.40 bits per heavy atom. The lowest BCUT2D eigenvalue weighted by Crippen LogP contribution is -2.51. The van der Waals surface area contributed by atoms with Gasteiger partial charge in [0.1, 0.15) is 5.82 Å². The van der Waals surface area contributed by atoms with E-state index in [-0.39, 0.29) is 5.41 Å². The lowest BCUT2D eigenvalue weighted by atomic mass is 9.64. The summed E-state index contributed by atoms with van der Waals surface area (Å²) in [5.74, 6) is 1.40. The highest BCUT2D eigenvalue weighted by Gasteiger charge is 2.50. The average Bonchev–Trinajstić information content (AvgIpc) is 2.81. The Hall–Kier alpha value is -1.06. The van der Waals surface area contributed by atoms with Gasteiger partial charge in [0, 0.05) is 18.1 Å². The van der Waals surface area contributed by atoms with Crippen LogP contribution in [0.1, 0.15) is 39.1 Å². The highest BCUT2D eigenvalue weighted by molar-refractivity contribution is 6.16. The van der Waals surface area contributed by atoms with Gasteiger partial charge in [-0.05, 0) is 25.5 Å². The van der Waals surface area contributed by atoms with Gasteiger partial charge in [-0.2, -0.15) is 0 Å². The van der Waals surface area contributed by atoms with Gasteiger partial charge in [0.05, 0.1) is 23.0 Å². The number of hydrogen-bond acceptors (Lipinski definition) is 2. The number of para-hydroxylation sites is 2. The molecule has 1 aromatic heterocycles. The average molecular weight is 293 g/mol. The predicted octanol–water partition coefficient (Wildman–Crippen LogP) is 4.15. The van der Waals surface area contributed by atoms with Crippen molar-refractivity contribution < 1.29 is 4.74 Å². The zero-order chi connectivity index (χ0) is 14.3. The third-order valence-electron chi connectivity index (χ3n) is 4.59. The summed E-state index contributed by atoms with van der Waals surface area (Å²) < 4.78 is 8.16. The van der Waals surface area contributed by atoms with E-state index >= 15 is 0 Å². The number of halogens is 1.